The summed E-state index contributed by atoms with van der Waals surface area (Å²) < 4.78 is 2.30. The summed E-state index contributed by atoms with van der Waals surface area (Å²) >= 11 is 0. The van der Waals surface area contributed by atoms with E-state index in [2.05, 4.69) is 10.6 Å². The number of aromatic nitrogens is 2. The van der Waals surface area contributed by atoms with Crippen LogP contribution in [0.2, 0.25) is 0 Å². The SMILES string of the molecule is CCCn1c(N)c(N2CCCCC2)c(=O)n(CC(=O)Nc2cccc(C(=O)NC)c2)c1=O. The van der Waals surface area contributed by atoms with Gasteiger partial charge in [-0.15, -0.1) is 0 Å². The predicted molar refractivity (Wildman–Crippen MR) is 124 cm³/mol. The number of piperidine rings is 1. The fourth-order valence-corrected chi connectivity index (χ4v) is 3.92. The van der Waals surface area contributed by atoms with Gasteiger partial charge in [-0.2, -0.15) is 0 Å². The summed E-state index contributed by atoms with van der Waals surface area (Å²) in [5.74, 6) is -0.682. The van der Waals surface area contributed by atoms with Crippen LogP contribution in [-0.2, 0) is 17.9 Å². The molecule has 0 unspecified atom stereocenters. The molecule has 0 bridgehead atoms. The van der Waals surface area contributed by atoms with Crippen LogP contribution in [0.3, 0.4) is 0 Å². The smallest absolute Gasteiger partial charge is 0.333 e. The topological polar surface area (TPSA) is 131 Å². The van der Waals surface area contributed by atoms with E-state index >= 15 is 0 Å². The first-order valence-corrected chi connectivity index (χ1v) is 10.9. The van der Waals surface area contributed by atoms with Gasteiger partial charge in [0.25, 0.3) is 11.5 Å². The Kier molecular flexibility index (Phi) is 7.34. The summed E-state index contributed by atoms with van der Waals surface area (Å²) in [6.07, 6.45) is 3.61. The zero-order valence-electron chi connectivity index (χ0n) is 18.5. The van der Waals surface area contributed by atoms with Crippen LogP contribution in [0.1, 0.15) is 43.0 Å². The maximum atomic E-state index is 13.2. The van der Waals surface area contributed by atoms with Gasteiger partial charge in [0.15, 0.2) is 0 Å². The highest BCUT2D eigenvalue weighted by atomic mass is 16.2. The van der Waals surface area contributed by atoms with Crippen LogP contribution in [-0.4, -0.2) is 41.1 Å². The molecule has 172 valence electrons. The van der Waals surface area contributed by atoms with Gasteiger partial charge in [-0.25, -0.2) is 9.36 Å². The van der Waals surface area contributed by atoms with Gasteiger partial charge in [0.05, 0.1) is 0 Å². The third-order valence-corrected chi connectivity index (χ3v) is 5.50. The second-order valence-corrected chi connectivity index (χ2v) is 7.82. The number of hydrogen-bond acceptors (Lipinski definition) is 6. The molecule has 32 heavy (non-hydrogen) atoms. The van der Waals surface area contributed by atoms with E-state index < -0.39 is 23.7 Å². The second-order valence-electron chi connectivity index (χ2n) is 7.82. The minimum Gasteiger partial charge on any atom is -0.383 e. The summed E-state index contributed by atoms with van der Waals surface area (Å²) in [7, 11) is 1.52. The predicted octanol–water partition coefficient (Wildman–Crippen LogP) is 0.991. The number of amides is 2. The first-order valence-electron chi connectivity index (χ1n) is 10.9. The Hall–Kier alpha value is -3.56. The monoisotopic (exact) mass is 442 g/mol. The molecule has 2 amide bonds. The number of rotatable bonds is 7. The minimum atomic E-state index is -0.607. The van der Waals surface area contributed by atoms with Crippen molar-refractivity contribution < 1.29 is 9.59 Å². The molecule has 0 spiro atoms. The van der Waals surface area contributed by atoms with Crippen LogP contribution < -0.4 is 32.5 Å². The van der Waals surface area contributed by atoms with Crippen LogP contribution in [0.15, 0.2) is 33.9 Å². The molecule has 4 N–H and O–H groups in total. The van der Waals surface area contributed by atoms with E-state index in [9.17, 15) is 19.2 Å². The lowest BCUT2D eigenvalue weighted by atomic mass is 10.1. The Bertz CT molecular complexity index is 1110. The number of nitrogens with two attached hydrogens (primary N) is 1. The highest BCUT2D eigenvalue weighted by Crippen LogP contribution is 2.21. The standard InChI is InChI=1S/C22H30N6O4/c1-3-10-27-19(23)18(26-11-5-4-6-12-26)21(31)28(22(27)32)14-17(29)25-16-9-7-8-15(13-16)20(30)24-2/h7-9,13H,3-6,10-12,14,23H2,1-2H3,(H,24,30)(H,25,29). The Balaban J connectivity index is 1.94. The number of hydrogen-bond donors (Lipinski definition) is 3. The average Bonchev–Trinajstić information content (AvgIpc) is 2.80. The molecular weight excluding hydrogens is 412 g/mol. The van der Waals surface area contributed by atoms with Crippen molar-refractivity contribution in [2.45, 2.75) is 45.7 Å². The van der Waals surface area contributed by atoms with E-state index in [0.29, 0.717) is 37.3 Å². The number of benzene rings is 1. The zero-order chi connectivity index (χ0) is 23.3. The summed E-state index contributed by atoms with van der Waals surface area (Å²) in [6, 6.07) is 6.41. The molecule has 1 aromatic carbocycles. The van der Waals surface area contributed by atoms with Crippen molar-refractivity contribution in [2.75, 3.05) is 36.1 Å². The number of nitrogens with one attached hydrogen (secondary N) is 2. The normalized spacial score (nSPS) is 13.6. The number of nitrogens with zero attached hydrogens (tertiary/aromatic N) is 3. The van der Waals surface area contributed by atoms with Gasteiger partial charge in [-0.1, -0.05) is 13.0 Å². The van der Waals surface area contributed by atoms with E-state index in [1.54, 1.807) is 18.2 Å². The van der Waals surface area contributed by atoms with E-state index in [-0.39, 0.29) is 17.4 Å². The number of nitrogen functional groups attached to an aromatic ring is 1. The Morgan fingerprint density at radius 2 is 1.81 bits per heavy atom. The molecule has 1 aliphatic rings. The maximum Gasteiger partial charge on any atom is 0.333 e. The van der Waals surface area contributed by atoms with Crippen LogP contribution in [0, 0.1) is 0 Å². The first-order chi connectivity index (χ1) is 15.4. The molecular formula is C22H30N6O4. The van der Waals surface area contributed by atoms with Crippen molar-refractivity contribution in [1.29, 1.82) is 0 Å². The molecule has 1 saturated heterocycles. The van der Waals surface area contributed by atoms with E-state index in [1.165, 1.54) is 17.7 Å². The number of carbonyl (C=O) groups is 2. The molecule has 10 nitrogen and oxygen atoms in total. The van der Waals surface area contributed by atoms with Gasteiger partial charge in [0.1, 0.15) is 18.1 Å². The van der Waals surface area contributed by atoms with Crippen LogP contribution in [0.25, 0.3) is 0 Å². The molecule has 1 fully saturated rings. The largest absolute Gasteiger partial charge is 0.383 e. The van der Waals surface area contributed by atoms with Gasteiger partial charge < -0.3 is 21.3 Å². The lowest BCUT2D eigenvalue weighted by molar-refractivity contribution is -0.116. The second kappa shape index (κ2) is 10.2. The molecule has 10 heteroatoms. The molecule has 0 aliphatic carbocycles. The van der Waals surface area contributed by atoms with Crippen molar-refractivity contribution in [2.24, 2.45) is 0 Å². The molecule has 2 heterocycles. The molecule has 3 rings (SSSR count). The van der Waals surface area contributed by atoms with Crippen LogP contribution in [0.4, 0.5) is 17.2 Å². The summed E-state index contributed by atoms with van der Waals surface area (Å²) in [4.78, 5) is 52.7. The van der Waals surface area contributed by atoms with Crippen molar-refractivity contribution in [3.8, 4) is 0 Å². The van der Waals surface area contributed by atoms with Gasteiger partial charge in [0.2, 0.25) is 5.91 Å². The van der Waals surface area contributed by atoms with E-state index in [4.69, 9.17) is 5.73 Å². The molecule has 2 aromatic rings. The zero-order valence-corrected chi connectivity index (χ0v) is 18.5. The lowest BCUT2D eigenvalue weighted by Crippen LogP contribution is -2.47. The summed E-state index contributed by atoms with van der Waals surface area (Å²) in [6.45, 7) is 3.17. The quantitative estimate of drug-likeness (QED) is 0.586. The minimum absolute atomic E-state index is 0.152. The Morgan fingerprint density at radius 1 is 1.09 bits per heavy atom. The highest BCUT2D eigenvalue weighted by molar-refractivity contribution is 5.97. The van der Waals surface area contributed by atoms with Gasteiger partial charge in [0, 0.05) is 37.9 Å². The highest BCUT2D eigenvalue weighted by Gasteiger charge is 2.24. The van der Waals surface area contributed by atoms with E-state index in [0.717, 1.165) is 23.8 Å². The number of carbonyl (C=O) groups excluding carboxylic acids is 2. The summed E-state index contributed by atoms with van der Waals surface area (Å²) in [5, 5.41) is 5.18. The molecule has 1 aromatic heterocycles. The Labute approximate surface area is 186 Å². The number of anilines is 3. The maximum absolute atomic E-state index is 13.2. The first kappa shape index (κ1) is 23.1. The molecule has 0 saturated carbocycles. The van der Waals surface area contributed by atoms with Crippen molar-refractivity contribution in [3.05, 3.63) is 50.7 Å². The molecule has 1 aliphatic heterocycles. The van der Waals surface area contributed by atoms with Gasteiger partial charge >= 0.3 is 5.69 Å². The molecule has 0 atom stereocenters. The lowest BCUT2D eigenvalue weighted by Gasteiger charge is -2.30. The summed E-state index contributed by atoms with van der Waals surface area (Å²) in [5.41, 5.74) is 6.15. The Morgan fingerprint density at radius 3 is 2.47 bits per heavy atom. The van der Waals surface area contributed by atoms with E-state index in [1.807, 2.05) is 11.8 Å². The van der Waals surface area contributed by atoms with Crippen molar-refractivity contribution in [1.82, 2.24) is 14.5 Å². The van der Waals surface area contributed by atoms with Crippen molar-refractivity contribution in [3.63, 3.8) is 0 Å². The third kappa shape index (κ3) is 4.84. The third-order valence-electron chi connectivity index (χ3n) is 5.50. The van der Waals surface area contributed by atoms with Crippen LogP contribution >= 0.6 is 0 Å². The molecule has 0 radical (unpaired) electrons. The van der Waals surface area contributed by atoms with Gasteiger partial charge in [-0.3, -0.25) is 19.0 Å². The van der Waals surface area contributed by atoms with Crippen molar-refractivity contribution >= 4 is 29.0 Å². The van der Waals surface area contributed by atoms with Gasteiger partial charge in [-0.05, 0) is 43.9 Å². The fraction of sp³-hybridized carbons (Fsp3) is 0.455. The fourth-order valence-electron chi connectivity index (χ4n) is 3.92. The average molecular weight is 443 g/mol. The van der Waals surface area contributed by atoms with Crippen LogP contribution in [0.5, 0.6) is 0 Å².